The van der Waals surface area contributed by atoms with Crippen LogP contribution in [0.4, 0.5) is 0 Å². The SMILES string of the molecule is COc1cccc(C(=O)N2CCCCC(c3ccccc3)C2)c1. The maximum atomic E-state index is 12.9. The zero-order chi connectivity index (χ0) is 16.1. The second-order valence-corrected chi connectivity index (χ2v) is 6.09. The van der Waals surface area contributed by atoms with Crippen molar-refractivity contribution in [3.63, 3.8) is 0 Å². The molecule has 0 N–H and O–H groups in total. The van der Waals surface area contributed by atoms with Crippen molar-refractivity contribution in [3.05, 3.63) is 65.7 Å². The quantitative estimate of drug-likeness (QED) is 0.854. The summed E-state index contributed by atoms with van der Waals surface area (Å²) < 4.78 is 5.24. The Hall–Kier alpha value is -2.29. The summed E-state index contributed by atoms with van der Waals surface area (Å²) in [6.07, 6.45) is 3.38. The van der Waals surface area contributed by atoms with Gasteiger partial charge in [0.2, 0.25) is 0 Å². The van der Waals surface area contributed by atoms with Gasteiger partial charge in [0.1, 0.15) is 5.75 Å². The summed E-state index contributed by atoms with van der Waals surface area (Å²) >= 11 is 0. The molecule has 0 spiro atoms. The molecule has 1 amide bonds. The number of amides is 1. The first-order valence-electron chi connectivity index (χ1n) is 8.26. The average Bonchev–Trinajstić information content (AvgIpc) is 2.88. The van der Waals surface area contributed by atoms with Gasteiger partial charge in [-0.05, 0) is 36.6 Å². The van der Waals surface area contributed by atoms with Crippen LogP contribution in [0.25, 0.3) is 0 Å². The first-order chi connectivity index (χ1) is 11.3. The number of nitrogens with zero attached hydrogens (tertiary/aromatic N) is 1. The lowest BCUT2D eigenvalue weighted by Gasteiger charge is -2.25. The summed E-state index contributed by atoms with van der Waals surface area (Å²) in [5, 5.41) is 0. The number of rotatable bonds is 3. The molecule has 2 aromatic rings. The van der Waals surface area contributed by atoms with E-state index in [0.717, 1.165) is 31.7 Å². The topological polar surface area (TPSA) is 29.5 Å². The molecule has 120 valence electrons. The number of carbonyl (C=O) groups excluding carboxylic acids is 1. The van der Waals surface area contributed by atoms with Crippen molar-refractivity contribution in [1.82, 2.24) is 4.90 Å². The van der Waals surface area contributed by atoms with E-state index in [2.05, 4.69) is 24.3 Å². The highest BCUT2D eigenvalue weighted by Crippen LogP contribution is 2.27. The Balaban J connectivity index is 1.79. The van der Waals surface area contributed by atoms with Crippen LogP contribution in [-0.4, -0.2) is 31.0 Å². The van der Waals surface area contributed by atoms with E-state index in [9.17, 15) is 4.79 Å². The Morgan fingerprint density at radius 1 is 1.09 bits per heavy atom. The van der Waals surface area contributed by atoms with E-state index in [1.807, 2.05) is 35.2 Å². The van der Waals surface area contributed by atoms with E-state index in [1.54, 1.807) is 7.11 Å². The van der Waals surface area contributed by atoms with Crippen LogP contribution in [0, 0.1) is 0 Å². The molecule has 1 unspecified atom stereocenters. The van der Waals surface area contributed by atoms with Gasteiger partial charge in [0.05, 0.1) is 7.11 Å². The van der Waals surface area contributed by atoms with Crippen LogP contribution in [0.2, 0.25) is 0 Å². The zero-order valence-corrected chi connectivity index (χ0v) is 13.6. The third kappa shape index (κ3) is 3.73. The molecule has 0 aromatic heterocycles. The lowest BCUT2D eigenvalue weighted by atomic mass is 9.94. The lowest BCUT2D eigenvalue weighted by Crippen LogP contribution is -2.34. The van der Waals surface area contributed by atoms with Crippen molar-refractivity contribution in [1.29, 1.82) is 0 Å². The Labute approximate surface area is 137 Å². The summed E-state index contributed by atoms with van der Waals surface area (Å²) in [7, 11) is 1.63. The number of ether oxygens (including phenoxy) is 1. The van der Waals surface area contributed by atoms with Crippen LogP contribution in [0.15, 0.2) is 54.6 Å². The van der Waals surface area contributed by atoms with Crippen LogP contribution in [-0.2, 0) is 0 Å². The second kappa shape index (κ2) is 7.32. The summed E-state index contributed by atoms with van der Waals surface area (Å²) in [4.78, 5) is 14.9. The summed E-state index contributed by atoms with van der Waals surface area (Å²) in [5.41, 5.74) is 2.04. The van der Waals surface area contributed by atoms with E-state index in [0.29, 0.717) is 11.5 Å². The highest BCUT2D eigenvalue weighted by atomic mass is 16.5. The van der Waals surface area contributed by atoms with E-state index in [-0.39, 0.29) is 5.91 Å². The van der Waals surface area contributed by atoms with Gasteiger partial charge in [0, 0.05) is 24.6 Å². The maximum Gasteiger partial charge on any atom is 0.254 e. The predicted molar refractivity (Wildman–Crippen MR) is 91.9 cm³/mol. The molecule has 1 atom stereocenters. The van der Waals surface area contributed by atoms with Crippen molar-refractivity contribution >= 4 is 5.91 Å². The van der Waals surface area contributed by atoms with Crippen LogP contribution in [0.5, 0.6) is 5.75 Å². The van der Waals surface area contributed by atoms with Gasteiger partial charge in [-0.1, -0.05) is 42.8 Å². The van der Waals surface area contributed by atoms with E-state index in [4.69, 9.17) is 4.74 Å². The monoisotopic (exact) mass is 309 g/mol. The molecule has 0 saturated carbocycles. The minimum absolute atomic E-state index is 0.103. The fraction of sp³-hybridized carbons (Fsp3) is 0.350. The molecule has 23 heavy (non-hydrogen) atoms. The van der Waals surface area contributed by atoms with Gasteiger partial charge in [0.15, 0.2) is 0 Å². The number of likely N-dealkylation sites (tertiary alicyclic amines) is 1. The minimum atomic E-state index is 0.103. The summed E-state index contributed by atoms with van der Waals surface area (Å²) in [5.74, 6) is 1.25. The van der Waals surface area contributed by atoms with Crippen LogP contribution in [0.3, 0.4) is 0 Å². The van der Waals surface area contributed by atoms with Crippen LogP contribution < -0.4 is 4.74 Å². The fourth-order valence-corrected chi connectivity index (χ4v) is 3.26. The molecule has 0 aliphatic carbocycles. The number of benzene rings is 2. The van der Waals surface area contributed by atoms with Gasteiger partial charge >= 0.3 is 0 Å². The van der Waals surface area contributed by atoms with Gasteiger partial charge in [-0.3, -0.25) is 4.79 Å². The predicted octanol–water partition coefficient (Wildman–Crippen LogP) is 4.11. The number of hydrogen-bond acceptors (Lipinski definition) is 2. The molecule has 1 heterocycles. The van der Waals surface area contributed by atoms with Crippen molar-refractivity contribution < 1.29 is 9.53 Å². The molecule has 1 fully saturated rings. The molecular formula is C20H23NO2. The standard InChI is InChI=1S/C20H23NO2/c1-23-19-12-7-11-17(14-19)20(22)21-13-6-5-10-18(15-21)16-8-3-2-4-9-16/h2-4,7-9,11-12,14,18H,5-6,10,13,15H2,1H3. The van der Waals surface area contributed by atoms with E-state index < -0.39 is 0 Å². The van der Waals surface area contributed by atoms with Gasteiger partial charge in [-0.25, -0.2) is 0 Å². The lowest BCUT2D eigenvalue weighted by molar-refractivity contribution is 0.0754. The third-order valence-corrected chi connectivity index (χ3v) is 4.55. The van der Waals surface area contributed by atoms with Gasteiger partial charge < -0.3 is 9.64 Å². The highest BCUT2D eigenvalue weighted by Gasteiger charge is 2.24. The second-order valence-electron chi connectivity index (χ2n) is 6.09. The first-order valence-corrected chi connectivity index (χ1v) is 8.26. The Morgan fingerprint density at radius 2 is 1.91 bits per heavy atom. The van der Waals surface area contributed by atoms with E-state index >= 15 is 0 Å². The molecular weight excluding hydrogens is 286 g/mol. The van der Waals surface area contributed by atoms with Gasteiger partial charge in [-0.15, -0.1) is 0 Å². The molecule has 3 rings (SSSR count). The molecule has 0 bridgehead atoms. The molecule has 0 radical (unpaired) electrons. The van der Waals surface area contributed by atoms with Crippen molar-refractivity contribution in [2.45, 2.75) is 25.2 Å². The molecule has 1 aliphatic heterocycles. The third-order valence-electron chi connectivity index (χ3n) is 4.55. The normalized spacial score (nSPS) is 18.3. The van der Waals surface area contributed by atoms with Crippen LogP contribution in [0.1, 0.15) is 41.1 Å². The van der Waals surface area contributed by atoms with Gasteiger partial charge in [-0.2, -0.15) is 0 Å². The average molecular weight is 309 g/mol. The Morgan fingerprint density at radius 3 is 2.70 bits per heavy atom. The Bertz CT molecular complexity index is 654. The number of methoxy groups -OCH3 is 1. The number of carbonyl (C=O) groups is 1. The molecule has 2 aromatic carbocycles. The first kappa shape index (κ1) is 15.6. The largest absolute Gasteiger partial charge is 0.497 e. The van der Waals surface area contributed by atoms with Crippen LogP contribution >= 0.6 is 0 Å². The molecule has 3 heteroatoms. The summed E-state index contributed by atoms with van der Waals surface area (Å²) in [6, 6.07) is 18.0. The highest BCUT2D eigenvalue weighted by molar-refractivity contribution is 5.94. The number of hydrogen-bond donors (Lipinski definition) is 0. The van der Waals surface area contributed by atoms with E-state index in [1.165, 1.54) is 12.0 Å². The van der Waals surface area contributed by atoms with Crippen molar-refractivity contribution in [2.75, 3.05) is 20.2 Å². The van der Waals surface area contributed by atoms with Crippen molar-refractivity contribution in [3.8, 4) is 5.75 Å². The zero-order valence-electron chi connectivity index (χ0n) is 13.6. The Kier molecular flexibility index (Phi) is 4.96. The summed E-state index contributed by atoms with van der Waals surface area (Å²) in [6.45, 7) is 1.62. The molecule has 3 nitrogen and oxygen atoms in total. The van der Waals surface area contributed by atoms with Gasteiger partial charge in [0.25, 0.3) is 5.91 Å². The molecule has 1 saturated heterocycles. The minimum Gasteiger partial charge on any atom is -0.497 e. The smallest absolute Gasteiger partial charge is 0.254 e. The molecule has 1 aliphatic rings. The van der Waals surface area contributed by atoms with Crippen molar-refractivity contribution in [2.24, 2.45) is 0 Å². The fourth-order valence-electron chi connectivity index (χ4n) is 3.26. The maximum absolute atomic E-state index is 12.9.